The molecule has 0 fully saturated rings. The van der Waals surface area contributed by atoms with Gasteiger partial charge in [-0.05, 0) is 13.8 Å². The SMILES string of the molecule is Cc1noc(-c2nnc3n2CCN(C=O)C3C)n1. The monoisotopic (exact) mass is 248 g/mol. The van der Waals surface area contributed by atoms with Crippen molar-refractivity contribution in [1.82, 2.24) is 29.8 Å². The van der Waals surface area contributed by atoms with E-state index in [-0.39, 0.29) is 6.04 Å². The molecule has 2 aromatic heterocycles. The van der Waals surface area contributed by atoms with E-state index in [2.05, 4.69) is 20.3 Å². The maximum absolute atomic E-state index is 10.9. The minimum atomic E-state index is -0.0958. The Kier molecular flexibility index (Phi) is 2.35. The summed E-state index contributed by atoms with van der Waals surface area (Å²) in [5.41, 5.74) is 0. The number of amides is 1. The quantitative estimate of drug-likeness (QED) is 0.704. The fourth-order valence-corrected chi connectivity index (χ4v) is 2.09. The molecule has 8 nitrogen and oxygen atoms in total. The van der Waals surface area contributed by atoms with Crippen LogP contribution in [0.3, 0.4) is 0 Å². The Labute approximate surface area is 103 Å². The van der Waals surface area contributed by atoms with Crippen LogP contribution in [-0.4, -0.2) is 42.8 Å². The zero-order valence-electron chi connectivity index (χ0n) is 10.1. The van der Waals surface area contributed by atoms with Gasteiger partial charge in [-0.2, -0.15) is 4.98 Å². The van der Waals surface area contributed by atoms with Gasteiger partial charge in [-0.1, -0.05) is 5.16 Å². The lowest BCUT2D eigenvalue weighted by Gasteiger charge is -2.30. The first kappa shape index (κ1) is 10.9. The molecule has 3 rings (SSSR count). The highest BCUT2D eigenvalue weighted by atomic mass is 16.5. The van der Waals surface area contributed by atoms with E-state index in [1.54, 1.807) is 11.8 Å². The summed E-state index contributed by atoms with van der Waals surface area (Å²) in [5.74, 6) is 2.21. The summed E-state index contributed by atoms with van der Waals surface area (Å²) in [4.78, 5) is 16.7. The molecule has 0 aromatic carbocycles. The first-order chi connectivity index (χ1) is 8.70. The number of aryl methyl sites for hydroxylation is 1. The van der Waals surface area contributed by atoms with Gasteiger partial charge in [0.05, 0.1) is 6.04 Å². The molecule has 0 saturated heterocycles. The van der Waals surface area contributed by atoms with Crippen molar-refractivity contribution in [1.29, 1.82) is 0 Å². The molecule has 0 aliphatic carbocycles. The molecule has 3 heterocycles. The van der Waals surface area contributed by atoms with Crippen molar-refractivity contribution in [3.8, 4) is 11.7 Å². The molecule has 0 saturated carbocycles. The van der Waals surface area contributed by atoms with E-state index in [0.29, 0.717) is 30.6 Å². The van der Waals surface area contributed by atoms with Crippen molar-refractivity contribution in [2.24, 2.45) is 0 Å². The van der Waals surface area contributed by atoms with Crippen molar-refractivity contribution in [2.45, 2.75) is 26.4 Å². The number of rotatable bonds is 2. The number of hydrogen-bond acceptors (Lipinski definition) is 6. The van der Waals surface area contributed by atoms with Gasteiger partial charge in [0.15, 0.2) is 11.6 Å². The third kappa shape index (κ3) is 1.49. The Bertz CT molecular complexity index is 589. The molecule has 0 N–H and O–H groups in total. The second-order valence-electron chi connectivity index (χ2n) is 4.20. The summed E-state index contributed by atoms with van der Waals surface area (Å²) in [6.45, 7) is 4.91. The molecule has 1 aliphatic rings. The second-order valence-corrected chi connectivity index (χ2v) is 4.20. The Hall–Kier alpha value is -2.25. The van der Waals surface area contributed by atoms with Gasteiger partial charge < -0.3 is 14.0 Å². The lowest BCUT2D eigenvalue weighted by molar-refractivity contribution is -0.121. The van der Waals surface area contributed by atoms with Crippen LogP contribution >= 0.6 is 0 Å². The summed E-state index contributed by atoms with van der Waals surface area (Å²) in [6, 6.07) is -0.0958. The Balaban J connectivity index is 2.04. The van der Waals surface area contributed by atoms with Crippen LogP contribution in [0.25, 0.3) is 11.7 Å². The highest BCUT2D eigenvalue weighted by Crippen LogP contribution is 2.26. The van der Waals surface area contributed by atoms with E-state index in [0.717, 1.165) is 12.2 Å². The highest BCUT2D eigenvalue weighted by molar-refractivity contribution is 5.49. The predicted molar refractivity (Wildman–Crippen MR) is 59.2 cm³/mol. The molecule has 0 radical (unpaired) electrons. The Morgan fingerprint density at radius 2 is 2.22 bits per heavy atom. The van der Waals surface area contributed by atoms with Gasteiger partial charge in [0.25, 0.3) is 5.89 Å². The van der Waals surface area contributed by atoms with E-state index >= 15 is 0 Å². The average molecular weight is 248 g/mol. The van der Waals surface area contributed by atoms with Gasteiger partial charge in [-0.3, -0.25) is 4.79 Å². The number of nitrogens with zero attached hydrogens (tertiary/aromatic N) is 6. The number of aromatic nitrogens is 5. The molecule has 8 heteroatoms. The van der Waals surface area contributed by atoms with Crippen LogP contribution < -0.4 is 0 Å². The summed E-state index contributed by atoms with van der Waals surface area (Å²) >= 11 is 0. The van der Waals surface area contributed by atoms with Gasteiger partial charge >= 0.3 is 0 Å². The molecular formula is C10H12N6O2. The first-order valence-corrected chi connectivity index (χ1v) is 5.65. The van der Waals surface area contributed by atoms with E-state index in [9.17, 15) is 4.79 Å². The minimum Gasteiger partial charge on any atom is -0.333 e. The average Bonchev–Trinajstić information content (AvgIpc) is 2.96. The maximum atomic E-state index is 10.9. The predicted octanol–water partition coefficient (Wildman–Crippen LogP) is 0.170. The van der Waals surface area contributed by atoms with Crippen molar-refractivity contribution < 1.29 is 9.32 Å². The summed E-state index contributed by atoms with van der Waals surface area (Å²) in [6.07, 6.45) is 0.833. The standard InChI is InChI=1S/C10H12N6O2/c1-6-8-12-13-9(10-11-7(2)14-18-10)16(8)4-3-15(6)5-17/h5-6H,3-4H2,1-2H3. The Morgan fingerprint density at radius 3 is 2.89 bits per heavy atom. The number of carbonyl (C=O) groups is 1. The molecule has 18 heavy (non-hydrogen) atoms. The molecule has 94 valence electrons. The van der Waals surface area contributed by atoms with Crippen LogP contribution in [0.5, 0.6) is 0 Å². The normalized spacial score (nSPS) is 18.8. The molecule has 2 aromatic rings. The van der Waals surface area contributed by atoms with E-state index in [1.807, 2.05) is 11.5 Å². The van der Waals surface area contributed by atoms with Crippen LogP contribution in [0.4, 0.5) is 0 Å². The van der Waals surface area contributed by atoms with Crippen LogP contribution in [0.1, 0.15) is 24.6 Å². The first-order valence-electron chi connectivity index (χ1n) is 5.65. The zero-order valence-corrected chi connectivity index (χ0v) is 10.1. The van der Waals surface area contributed by atoms with Crippen LogP contribution in [0.15, 0.2) is 4.52 Å². The summed E-state index contributed by atoms with van der Waals surface area (Å²) in [5, 5.41) is 11.9. The van der Waals surface area contributed by atoms with Crippen LogP contribution in [-0.2, 0) is 11.3 Å². The van der Waals surface area contributed by atoms with E-state index < -0.39 is 0 Å². The number of hydrogen-bond donors (Lipinski definition) is 0. The van der Waals surface area contributed by atoms with Crippen molar-refractivity contribution in [2.75, 3.05) is 6.54 Å². The molecule has 1 atom stereocenters. The molecule has 1 unspecified atom stereocenters. The topological polar surface area (TPSA) is 89.9 Å². The van der Waals surface area contributed by atoms with Gasteiger partial charge in [0, 0.05) is 13.1 Å². The second kappa shape index (κ2) is 3.90. The highest BCUT2D eigenvalue weighted by Gasteiger charge is 2.29. The Morgan fingerprint density at radius 1 is 1.39 bits per heavy atom. The summed E-state index contributed by atoms with van der Waals surface area (Å²) in [7, 11) is 0. The molecule has 0 spiro atoms. The lowest BCUT2D eigenvalue weighted by atomic mass is 10.2. The third-order valence-corrected chi connectivity index (χ3v) is 3.09. The van der Waals surface area contributed by atoms with Crippen molar-refractivity contribution >= 4 is 6.41 Å². The van der Waals surface area contributed by atoms with E-state index in [1.165, 1.54) is 0 Å². The van der Waals surface area contributed by atoms with Gasteiger partial charge in [-0.15, -0.1) is 10.2 Å². The zero-order chi connectivity index (χ0) is 12.7. The summed E-state index contributed by atoms with van der Waals surface area (Å²) < 4.78 is 7.01. The van der Waals surface area contributed by atoms with E-state index in [4.69, 9.17) is 4.52 Å². The molecule has 1 amide bonds. The van der Waals surface area contributed by atoms with Crippen LogP contribution in [0.2, 0.25) is 0 Å². The number of fused-ring (bicyclic) bond motifs is 1. The van der Waals surface area contributed by atoms with Gasteiger partial charge in [0.1, 0.15) is 0 Å². The number of carbonyl (C=O) groups excluding carboxylic acids is 1. The van der Waals surface area contributed by atoms with Crippen molar-refractivity contribution in [3.05, 3.63) is 11.6 Å². The lowest BCUT2D eigenvalue weighted by Crippen LogP contribution is -2.36. The molecule has 1 aliphatic heterocycles. The molecular weight excluding hydrogens is 236 g/mol. The fraction of sp³-hybridized carbons (Fsp3) is 0.500. The smallest absolute Gasteiger partial charge is 0.295 e. The molecule has 0 bridgehead atoms. The van der Waals surface area contributed by atoms with Crippen molar-refractivity contribution in [3.63, 3.8) is 0 Å². The van der Waals surface area contributed by atoms with Crippen LogP contribution in [0, 0.1) is 6.92 Å². The third-order valence-electron chi connectivity index (χ3n) is 3.09. The van der Waals surface area contributed by atoms with Gasteiger partial charge in [-0.25, -0.2) is 0 Å². The maximum Gasteiger partial charge on any atom is 0.295 e. The minimum absolute atomic E-state index is 0.0958. The van der Waals surface area contributed by atoms with Gasteiger partial charge in [0.2, 0.25) is 12.2 Å². The largest absolute Gasteiger partial charge is 0.333 e. The fourth-order valence-electron chi connectivity index (χ4n) is 2.09.